The lowest BCUT2D eigenvalue weighted by atomic mass is 10.2. The van der Waals surface area contributed by atoms with Gasteiger partial charge in [-0.05, 0) is 30.7 Å². The predicted octanol–water partition coefficient (Wildman–Crippen LogP) is 1.97. The van der Waals surface area contributed by atoms with Gasteiger partial charge in [0, 0.05) is 5.56 Å². The summed E-state index contributed by atoms with van der Waals surface area (Å²) in [5.41, 5.74) is 0.408. The van der Waals surface area contributed by atoms with Crippen LogP contribution in [0.25, 0.3) is 0 Å². The first-order valence-electron chi connectivity index (χ1n) is 4.70. The number of amides is 1. The number of carbonyl (C=O) groups excluding carboxylic acids is 1. The molecule has 78 valence electrons. The third kappa shape index (κ3) is 3.10. The van der Waals surface area contributed by atoms with Crippen LogP contribution < -0.4 is 5.32 Å². The molecule has 1 aromatic carbocycles. The minimum atomic E-state index is -0.365. The number of halogens is 1. The van der Waals surface area contributed by atoms with Gasteiger partial charge in [0.1, 0.15) is 5.82 Å². The van der Waals surface area contributed by atoms with Crippen molar-refractivity contribution in [2.45, 2.75) is 19.4 Å². The van der Waals surface area contributed by atoms with E-state index >= 15 is 0 Å². The van der Waals surface area contributed by atoms with Crippen molar-refractivity contribution in [1.29, 1.82) is 0 Å². The Morgan fingerprint density at radius 2 is 2.13 bits per heavy atom. The van der Waals surface area contributed by atoms with Crippen LogP contribution >= 0.6 is 0 Å². The Kier molecular flexibility index (Phi) is 3.87. The standard InChI is InChI=1S/C12H12FNO/c1-3-11(4-2)14-12(15)9-5-7-10(13)8-6-9/h1,5-8,11H,4H2,2H3,(H,14,15). The summed E-state index contributed by atoms with van der Waals surface area (Å²) in [5, 5.41) is 2.65. The van der Waals surface area contributed by atoms with Gasteiger partial charge >= 0.3 is 0 Å². The number of nitrogens with one attached hydrogen (secondary N) is 1. The molecular weight excluding hydrogens is 193 g/mol. The van der Waals surface area contributed by atoms with Gasteiger partial charge in [-0.2, -0.15) is 0 Å². The molecule has 0 bridgehead atoms. The molecule has 1 rings (SSSR count). The van der Waals surface area contributed by atoms with Crippen molar-refractivity contribution in [2.24, 2.45) is 0 Å². The maximum Gasteiger partial charge on any atom is 0.252 e. The van der Waals surface area contributed by atoms with Gasteiger partial charge in [-0.1, -0.05) is 12.8 Å². The van der Waals surface area contributed by atoms with E-state index in [0.717, 1.165) is 0 Å². The molecule has 0 aliphatic heterocycles. The summed E-state index contributed by atoms with van der Waals surface area (Å²) in [7, 11) is 0. The van der Waals surface area contributed by atoms with E-state index in [1.54, 1.807) is 0 Å². The largest absolute Gasteiger partial charge is 0.338 e. The first-order chi connectivity index (χ1) is 7.17. The van der Waals surface area contributed by atoms with Crippen molar-refractivity contribution < 1.29 is 9.18 Å². The smallest absolute Gasteiger partial charge is 0.252 e. The van der Waals surface area contributed by atoms with Crippen LogP contribution in [0.2, 0.25) is 0 Å². The molecule has 0 radical (unpaired) electrons. The van der Waals surface area contributed by atoms with Crippen LogP contribution in [0, 0.1) is 18.2 Å². The molecule has 0 aliphatic carbocycles. The molecule has 1 N–H and O–H groups in total. The molecule has 0 saturated heterocycles. The number of benzene rings is 1. The molecule has 2 nitrogen and oxygen atoms in total. The lowest BCUT2D eigenvalue weighted by Crippen LogP contribution is -2.33. The van der Waals surface area contributed by atoms with E-state index in [0.29, 0.717) is 12.0 Å². The van der Waals surface area contributed by atoms with Crippen LogP contribution in [0.4, 0.5) is 4.39 Å². The van der Waals surface area contributed by atoms with Gasteiger partial charge in [0.15, 0.2) is 0 Å². The lowest BCUT2D eigenvalue weighted by molar-refractivity contribution is 0.0945. The van der Waals surface area contributed by atoms with E-state index in [2.05, 4.69) is 11.2 Å². The number of rotatable bonds is 3. The molecule has 0 saturated carbocycles. The Morgan fingerprint density at radius 3 is 2.60 bits per heavy atom. The monoisotopic (exact) mass is 205 g/mol. The highest BCUT2D eigenvalue weighted by atomic mass is 19.1. The van der Waals surface area contributed by atoms with Gasteiger partial charge in [0.2, 0.25) is 0 Å². The van der Waals surface area contributed by atoms with Crippen LogP contribution in [0.15, 0.2) is 24.3 Å². The van der Waals surface area contributed by atoms with Gasteiger partial charge in [0.25, 0.3) is 5.91 Å². The Morgan fingerprint density at radius 1 is 1.53 bits per heavy atom. The van der Waals surface area contributed by atoms with Gasteiger partial charge in [-0.3, -0.25) is 4.79 Å². The molecule has 1 amide bonds. The number of carbonyl (C=O) groups is 1. The second-order valence-electron chi connectivity index (χ2n) is 3.11. The summed E-state index contributed by atoms with van der Waals surface area (Å²) in [4.78, 5) is 11.6. The maximum absolute atomic E-state index is 12.6. The summed E-state index contributed by atoms with van der Waals surface area (Å²) in [6, 6.07) is 5.06. The molecule has 0 heterocycles. The zero-order chi connectivity index (χ0) is 11.3. The molecule has 1 atom stereocenters. The summed E-state index contributed by atoms with van der Waals surface area (Å²) in [6.45, 7) is 1.88. The average Bonchev–Trinajstić information content (AvgIpc) is 2.26. The minimum Gasteiger partial charge on any atom is -0.338 e. The third-order valence-electron chi connectivity index (χ3n) is 2.02. The van der Waals surface area contributed by atoms with E-state index < -0.39 is 0 Å². The number of terminal acetylenes is 1. The average molecular weight is 205 g/mol. The van der Waals surface area contributed by atoms with Crippen molar-refractivity contribution in [2.75, 3.05) is 0 Å². The van der Waals surface area contributed by atoms with E-state index in [4.69, 9.17) is 6.42 Å². The number of hydrogen-bond acceptors (Lipinski definition) is 1. The minimum absolute atomic E-state index is 0.275. The quantitative estimate of drug-likeness (QED) is 0.751. The van der Waals surface area contributed by atoms with Crippen molar-refractivity contribution in [3.8, 4) is 12.3 Å². The highest BCUT2D eigenvalue weighted by molar-refractivity contribution is 5.94. The fourth-order valence-corrected chi connectivity index (χ4v) is 1.10. The second-order valence-corrected chi connectivity index (χ2v) is 3.11. The van der Waals surface area contributed by atoms with Gasteiger partial charge in [-0.15, -0.1) is 6.42 Å². The summed E-state index contributed by atoms with van der Waals surface area (Å²) >= 11 is 0. The molecule has 15 heavy (non-hydrogen) atoms. The van der Waals surface area contributed by atoms with Gasteiger partial charge in [-0.25, -0.2) is 4.39 Å². The Labute approximate surface area is 88.5 Å². The molecule has 0 aliphatic rings. The first kappa shape index (κ1) is 11.3. The van der Waals surface area contributed by atoms with Crippen molar-refractivity contribution in [1.82, 2.24) is 5.32 Å². The highest BCUT2D eigenvalue weighted by Gasteiger charge is 2.09. The maximum atomic E-state index is 12.6. The van der Waals surface area contributed by atoms with E-state index in [1.165, 1.54) is 24.3 Å². The Balaban J connectivity index is 2.70. The van der Waals surface area contributed by atoms with E-state index in [-0.39, 0.29) is 17.8 Å². The van der Waals surface area contributed by atoms with E-state index in [1.807, 2.05) is 6.92 Å². The molecule has 0 aromatic heterocycles. The number of hydrogen-bond donors (Lipinski definition) is 1. The predicted molar refractivity (Wildman–Crippen MR) is 56.8 cm³/mol. The molecule has 1 unspecified atom stereocenters. The highest BCUT2D eigenvalue weighted by Crippen LogP contribution is 2.03. The fraction of sp³-hybridized carbons (Fsp3) is 0.250. The van der Waals surface area contributed by atoms with Gasteiger partial charge < -0.3 is 5.32 Å². The van der Waals surface area contributed by atoms with Crippen LogP contribution in [0.3, 0.4) is 0 Å². The van der Waals surface area contributed by atoms with Crippen LogP contribution in [-0.4, -0.2) is 11.9 Å². The summed E-state index contributed by atoms with van der Waals surface area (Å²) in [6.07, 6.45) is 5.88. The summed E-state index contributed by atoms with van der Waals surface area (Å²) in [5.74, 6) is 1.81. The SMILES string of the molecule is C#CC(CC)NC(=O)c1ccc(F)cc1. The van der Waals surface area contributed by atoms with Crippen molar-refractivity contribution >= 4 is 5.91 Å². The van der Waals surface area contributed by atoms with Crippen LogP contribution in [0.5, 0.6) is 0 Å². The van der Waals surface area contributed by atoms with Crippen molar-refractivity contribution in [3.05, 3.63) is 35.6 Å². The first-order valence-corrected chi connectivity index (χ1v) is 4.70. The summed E-state index contributed by atoms with van der Waals surface area (Å²) < 4.78 is 12.6. The normalized spacial score (nSPS) is 11.5. The molecule has 3 heteroatoms. The third-order valence-corrected chi connectivity index (χ3v) is 2.02. The fourth-order valence-electron chi connectivity index (χ4n) is 1.10. The lowest BCUT2D eigenvalue weighted by Gasteiger charge is -2.10. The molecular formula is C12H12FNO. The van der Waals surface area contributed by atoms with Gasteiger partial charge in [0.05, 0.1) is 6.04 Å². The van der Waals surface area contributed by atoms with Crippen molar-refractivity contribution in [3.63, 3.8) is 0 Å². The van der Waals surface area contributed by atoms with Crippen LogP contribution in [-0.2, 0) is 0 Å². The molecule has 0 fully saturated rings. The topological polar surface area (TPSA) is 29.1 Å². The zero-order valence-electron chi connectivity index (χ0n) is 8.46. The van der Waals surface area contributed by atoms with E-state index in [9.17, 15) is 9.18 Å². The molecule has 1 aromatic rings. The Bertz CT molecular complexity index is 378. The molecule has 0 spiro atoms. The Hall–Kier alpha value is -1.82. The second kappa shape index (κ2) is 5.16. The van der Waals surface area contributed by atoms with Crippen LogP contribution in [0.1, 0.15) is 23.7 Å². The zero-order valence-corrected chi connectivity index (χ0v) is 8.46.